The zero-order chi connectivity index (χ0) is 22.0. The van der Waals surface area contributed by atoms with Crippen molar-refractivity contribution in [2.24, 2.45) is 0 Å². The molecule has 6 nitrogen and oxygen atoms in total. The number of H-pyrrole nitrogens is 1. The van der Waals surface area contributed by atoms with Gasteiger partial charge >= 0.3 is 11.9 Å². The molecule has 0 fully saturated rings. The lowest BCUT2D eigenvalue weighted by Crippen LogP contribution is -2.07. The predicted octanol–water partition coefficient (Wildman–Crippen LogP) is 4.76. The third-order valence-corrected chi connectivity index (χ3v) is 5.17. The van der Waals surface area contributed by atoms with E-state index >= 15 is 0 Å². The van der Waals surface area contributed by atoms with Crippen molar-refractivity contribution in [1.82, 2.24) is 4.98 Å². The van der Waals surface area contributed by atoms with Crippen LogP contribution in [0.4, 0.5) is 0 Å². The molecule has 1 unspecified atom stereocenters. The minimum Gasteiger partial charge on any atom is -0.462 e. The van der Waals surface area contributed by atoms with Crippen molar-refractivity contribution in [3.05, 3.63) is 82.9 Å². The van der Waals surface area contributed by atoms with Gasteiger partial charge in [-0.15, -0.1) is 0 Å². The van der Waals surface area contributed by atoms with Gasteiger partial charge < -0.3 is 19.6 Å². The van der Waals surface area contributed by atoms with E-state index in [1.54, 1.807) is 44.2 Å². The number of aromatic amines is 1. The first kappa shape index (κ1) is 20.6. The van der Waals surface area contributed by atoms with Gasteiger partial charge in [-0.1, -0.05) is 30.3 Å². The Balaban J connectivity index is 1.96. The zero-order valence-corrected chi connectivity index (χ0v) is 17.3. The van der Waals surface area contributed by atoms with Crippen LogP contribution in [-0.2, 0) is 9.47 Å². The highest BCUT2D eigenvalue weighted by Crippen LogP contribution is 2.35. The summed E-state index contributed by atoms with van der Waals surface area (Å²) < 4.78 is 10.3. The summed E-state index contributed by atoms with van der Waals surface area (Å²) in [5.74, 6) is -0.883. The van der Waals surface area contributed by atoms with Gasteiger partial charge in [0.1, 0.15) is 6.10 Å². The van der Waals surface area contributed by atoms with E-state index in [0.717, 1.165) is 16.3 Å². The molecule has 4 aromatic rings. The van der Waals surface area contributed by atoms with Gasteiger partial charge in [0.15, 0.2) is 0 Å². The summed E-state index contributed by atoms with van der Waals surface area (Å²) in [6, 6.07) is 17.8. The summed E-state index contributed by atoms with van der Waals surface area (Å²) in [5, 5.41) is 12.6. The molecule has 1 atom stereocenters. The van der Waals surface area contributed by atoms with Gasteiger partial charge in [0, 0.05) is 21.9 Å². The fourth-order valence-corrected chi connectivity index (χ4v) is 3.73. The maximum Gasteiger partial charge on any atom is 0.338 e. The van der Waals surface area contributed by atoms with Gasteiger partial charge in [0.25, 0.3) is 0 Å². The fourth-order valence-electron chi connectivity index (χ4n) is 3.73. The molecule has 0 aliphatic rings. The van der Waals surface area contributed by atoms with Crippen LogP contribution < -0.4 is 0 Å². The van der Waals surface area contributed by atoms with E-state index in [-0.39, 0.29) is 13.2 Å². The monoisotopic (exact) mass is 417 g/mol. The third-order valence-electron chi connectivity index (χ3n) is 5.17. The maximum absolute atomic E-state index is 12.5. The van der Waals surface area contributed by atoms with Crippen LogP contribution in [0.2, 0.25) is 0 Å². The van der Waals surface area contributed by atoms with Gasteiger partial charge in [-0.2, -0.15) is 0 Å². The number of carbonyl (C=O) groups excluding carboxylic acids is 2. The number of benzene rings is 3. The molecule has 6 heteroatoms. The zero-order valence-electron chi connectivity index (χ0n) is 17.3. The molecule has 0 bridgehead atoms. The molecule has 158 valence electrons. The number of esters is 2. The Morgan fingerprint density at radius 1 is 0.871 bits per heavy atom. The Labute approximate surface area is 179 Å². The Bertz CT molecular complexity index is 1260. The lowest BCUT2D eigenvalue weighted by Gasteiger charge is -2.14. The molecule has 2 N–H and O–H groups in total. The summed E-state index contributed by atoms with van der Waals surface area (Å²) >= 11 is 0. The second-order valence-electron chi connectivity index (χ2n) is 7.13. The fraction of sp³-hybridized carbons (Fsp3) is 0.200. The second-order valence-corrected chi connectivity index (χ2v) is 7.13. The molecule has 1 aromatic heterocycles. The lowest BCUT2D eigenvalue weighted by atomic mass is 9.96. The van der Waals surface area contributed by atoms with E-state index in [1.807, 2.05) is 30.3 Å². The highest BCUT2D eigenvalue weighted by molar-refractivity contribution is 6.12. The minimum atomic E-state index is -0.948. The molecule has 0 amide bonds. The van der Waals surface area contributed by atoms with Crippen molar-refractivity contribution in [2.75, 3.05) is 13.2 Å². The van der Waals surface area contributed by atoms with Crippen LogP contribution in [0, 0.1) is 0 Å². The van der Waals surface area contributed by atoms with E-state index < -0.39 is 18.0 Å². The summed E-state index contributed by atoms with van der Waals surface area (Å²) in [6.45, 7) is 4.03. The van der Waals surface area contributed by atoms with Crippen molar-refractivity contribution < 1.29 is 24.2 Å². The van der Waals surface area contributed by atoms with E-state index in [0.29, 0.717) is 27.8 Å². The van der Waals surface area contributed by atoms with Crippen LogP contribution in [0.3, 0.4) is 0 Å². The normalized spacial score (nSPS) is 12.1. The summed E-state index contributed by atoms with van der Waals surface area (Å²) in [7, 11) is 0. The van der Waals surface area contributed by atoms with Crippen LogP contribution in [0.5, 0.6) is 0 Å². The van der Waals surface area contributed by atoms with Crippen LogP contribution in [0.15, 0.2) is 60.7 Å². The first-order chi connectivity index (χ1) is 15.0. The van der Waals surface area contributed by atoms with E-state index in [1.165, 1.54) is 0 Å². The molecule has 0 spiro atoms. The van der Waals surface area contributed by atoms with Crippen LogP contribution >= 0.6 is 0 Å². The topological polar surface area (TPSA) is 88.6 Å². The number of ether oxygens (including phenoxy) is 2. The molecule has 4 rings (SSSR count). The van der Waals surface area contributed by atoms with E-state index in [2.05, 4.69) is 4.98 Å². The third kappa shape index (κ3) is 3.90. The predicted molar refractivity (Wildman–Crippen MR) is 118 cm³/mol. The van der Waals surface area contributed by atoms with E-state index in [9.17, 15) is 14.7 Å². The minimum absolute atomic E-state index is 0.244. The molecule has 0 aliphatic carbocycles. The number of aliphatic hydroxyl groups is 1. The highest BCUT2D eigenvalue weighted by Gasteiger charge is 2.21. The summed E-state index contributed by atoms with van der Waals surface area (Å²) in [6.07, 6.45) is -0.948. The molecule has 3 aromatic carbocycles. The number of rotatable bonds is 6. The quantitative estimate of drug-likeness (QED) is 0.442. The van der Waals surface area contributed by atoms with Crippen molar-refractivity contribution in [3.8, 4) is 0 Å². The van der Waals surface area contributed by atoms with Crippen LogP contribution in [0.1, 0.15) is 51.8 Å². The largest absolute Gasteiger partial charge is 0.462 e. The number of aromatic nitrogens is 1. The standard InChI is InChI=1S/C25H23NO5/c1-3-30-24(28)16-10-11-21-18(12-16)19-13-17(25(29)31-4-2)14-20(22(19)26-21)23(27)15-8-6-5-7-9-15/h5-14,23,26-27H,3-4H2,1-2H3. The average molecular weight is 417 g/mol. The van der Waals surface area contributed by atoms with Gasteiger partial charge in [0.05, 0.1) is 29.9 Å². The molecule has 0 saturated carbocycles. The van der Waals surface area contributed by atoms with Gasteiger partial charge in [-0.05, 0) is 49.7 Å². The lowest BCUT2D eigenvalue weighted by molar-refractivity contribution is 0.0516. The van der Waals surface area contributed by atoms with E-state index in [4.69, 9.17) is 9.47 Å². The first-order valence-corrected chi connectivity index (χ1v) is 10.2. The molecule has 31 heavy (non-hydrogen) atoms. The number of hydrogen-bond donors (Lipinski definition) is 2. The van der Waals surface area contributed by atoms with Crippen molar-refractivity contribution in [2.45, 2.75) is 20.0 Å². The number of fused-ring (bicyclic) bond motifs is 3. The number of aliphatic hydroxyl groups excluding tert-OH is 1. The second kappa shape index (κ2) is 8.62. The highest BCUT2D eigenvalue weighted by atomic mass is 16.5. The molecular weight excluding hydrogens is 394 g/mol. The molecule has 1 heterocycles. The van der Waals surface area contributed by atoms with Crippen molar-refractivity contribution in [3.63, 3.8) is 0 Å². The first-order valence-electron chi connectivity index (χ1n) is 10.2. The Kier molecular flexibility index (Phi) is 5.73. The number of carbonyl (C=O) groups is 2. The van der Waals surface area contributed by atoms with Gasteiger partial charge in [-0.3, -0.25) is 0 Å². The Morgan fingerprint density at radius 2 is 1.52 bits per heavy atom. The Hall–Kier alpha value is -3.64. The number of hydrogen-bond acceptors (Lipinski definition) is 5. The summed E-state index contributed by atoms with van der Waals surface area (Å²) in [4.78, 5) is 28.1. The van der Waals surface area contributed by atoms with Gasteiger partial charge in [-0.25, -0.2) is 9.59 Å². The summed E-state index contributed by atoms with van der Waals surface area (Å²) in [5.41, 5.74) is 3.49. The average Bonchev–Trinajstić information content (AvgIpc) is 3.16. The van der Waals surface area contributed by atoms with Gasteiger partial charge in [0.2, 0.25) is 0 Å². The van der Waals surface area contributed by atoms with Crippen molar-refractivity contribution >= 4 is 33.7 Å². The molecule has 0 aliphatic heterocycles. The van der Waals surface area contributed by atoms with Crippen LogP contribution in [0.25, 0.3) is 21.8 Å². The molecule has 0 saturated heterocycles. The Morgan fingerprint density at radius 3 is 2.19 bits per heavy atom. The molecule has 0 radical (unpaired) electrons. The SMILES string of the molecule is CCOC(=O)c1ccc2[nH]c3c(C(O)c4ccccc4)cc(C(=O)OCC)cc3c2c1. The molecular formula is C25H23NO5. The van der Waals surface area contributed by atoms with Crippen LogP contribution in [-0.4, -0.2) is 35.2 Å². The number of nitrogens with one attached hydrogen (secondary N) is 1. The van der Waals surface area contributed by atoms with Crippen molar-refractivity contribution in [1.29, 1.82) is 0 Å². The smallest absolute Gasteiger partial charge is 0.338 e. The maximum atomic E-state index is 12.5.